The number of alkyl halides is 3. The average Bonchev–Trinajstić information content (AvgIpc) is 3.32. The molecule has 2 aliphatic rings. The van der Waals surface area contributed by atoms with Crippen LogP contribution in [0.3, 0.4) is 0 Å². The molecule has 0 bridgehead atoms. The van der Waals surface area contributed by atoms with Gasteiger partial charge in [0, 0.05) is 28.9 Å². The van der Waals surface area contributed by atoms with Gasteiger partial charge in [-0.25, -0.2) is 4.98 Å². The molecule has 5 nitrogen and oxygen atoms in total. The predicted octanol–water partition coefficient (Wildman–Crippen LogP) is 4.24. The van der Waals surface area contributed by atoms with Crippen molar-refractivity contribution in [1.29, 1.82) is 0 Å². The molecule has 0 saturated heterocycles. The van der Waals surface area contributed by atoms with Crippen molar-refractivity contribution in [3.05, 3.63) is 65.3 Å². The van der Waals surface area contributed by atoms with Crippen LogP contribution >= 0.6 is 11.3 Å². The maximum atomic E-state index is 14.2. The van der Waals surface area contributed by atoms with Crippen LogP contribution in [0.2, 0.25) is 0 Å². The molecular weight excluding hydrogens is 401 g/mol. The molecular formula is C20H15F3N4OS. The number of hydrazone groups is 1. The quantitative estimate of drug-likeness (QED) is 0.679. The number of benzene rings is 1. The summed E-state index contributed by atoms with van der Waals surface area (Å²) in [6, 6.07) is 10.7. The molecule has 1 aromatic carbocycles. The Bertz CT molecular complexity index is 1100. The zero-order chi connectivity index (χ0) is 20.2. The third-order valence-electron chi connectivity index (χ3n) is 5.41. The molecule has 9 heteroatoms. The zero-order valence-electron chi connectivity index (χ0n) is 15.0. The van der Waals surface area contributed by atoms with E-state index in [1.165, 1.54) is 0 Å². The number of nitrogens with zero attached hydrogens (tertiary/aromatic N) is 4. The van der Waals surface area contributed by atoms with Gasteiger partial charge in [0.05, 0.1) is 17.3 Å². The standard InChI is InChI=1S/C20H15F3N4OS/c21-20(22,23)19(28)15-6-5-12-3-1-2-4-14(12)17(15)26-27(19)18-25-16(11-29-18)13-7-9-24-10-8-13/h1-4,7-11,15,28H,5-6H2/t15-,19-/m1/s1. The second-order valence-electron chi connectivity index (χ2n) is 7.02. The number of hydrogen-bond acceptors (Lipinski definition) is 6. The Morgan fingerprint density at radius 2 is 1.90 bits per heavy atom. The van der Waals surface area contributed by atoms with Gasteiger partial charge < -0.3 is 5.11 Å². The van der Waals surface area contributed by atoms with Gasteiger partial charge in [-0.15, -0.1) is 11.3 Å². The third kappa shape index (κ3) is 2.68. The van der Waals surface area contributed by atoms with Gasteiger partial charge in [0.1, 0.15) is 0 Å². The largest absolute Gasteiger partial charge is 0.439 e. The van der Waals surface area contributed by atoms with E-state index in [1.807, 2.05) is 12.1 Å². The summed E-state index contributed by atoms with van der Waals surface area (Å²) < 4.78 is 42.5. The molecule has 148 valence electrons. The number of thiazole rings is 1. The van der Waals surface area contributed by atoms with Crippen molar-refractivity contribution in [2.24, 2.45) is 11.0 Å². The second kappa shape index (κ2) is 6.36. The van der Waals surface area contributed by atoms with Crippen LogP contribution < -0.4 is 5.01 Å². The summed E-state index contributed by atoms with van der Waals surface area (Å²) in [7, 11) is 0. The van der Waals surface area contributed by atoms with E-state index in [0.717, 1.165) is 22.5 Å². The molecule has 1 N–H and O–H groups in total. The minimum atomic E-state index is -4.91. The first-order valence-corrected chi connectivity index (χ1v) is 9.89. The number of halogens is 3. The highest BCUT2D eigenvalue weighted by atomic mass is 32.1. The lowest BCUT2D eigenvalue weighted by Gasteiger charge is -2.38. The predicted molar refractivity (Wildman–Crippen MR) is 104 cm³/mol. The Labute approximate surface area is 168 Å². The van der Waals surface area contributed by atoms with Gasteiger partial charge >= 0.3 is 6.18 Å². The smallest absolute Gasteiger partial charge is 0.362 e. The number of fused-ring (bicyclic) bond motifs is 3. The molecule has 0 amide bonds. The molecule has 0 fully saturated rings. The fourth-order valence-corrected chi connectivity index (χ4v) is 4.82. The lowest BCUT2D eigenvalue weighted by Crippen LogP contribution is -2.60. The highest BCUT2D eigenvalue weighted by Gasteiger charge is 2.68. The van der Waals surface area contributed by atoms with E-state index in [9.17, 15) is 18.3 Å². The van der Waals surface area contributed by atoms with E-state index in [4.69, 9.17) is 0 Å². The minimum absolute atomic E-state index is 0.00369. The Morgan fingerprint density at radius 3 is 2.66 bits per heavy atom. The van der Waals surface area contributed by atoms with Crippen molar-refractivity contribution in [1.82, 2.24) is 9.97 Å². The summed E-state index contributed by atoms with van der Waals surface area (Å²) in [5.41, 5.74) is -0.0545. The molecule has 2 atom stereocenters. The number of aromatic nitrogens is 2. The van der Waals surface area contributed by atoms with Gasteiger partial charge in [0.25, 0.3) is 5.72 Å². The van der Waals surface area contributed by atoms with Crippen molar-refractivity contribution in [2.45, 2.75) is 24.7 Å². The number of hydrogen-bond donors (Lipinski definition) is 1. The zero-order valence-corrected chi connectivity index (χ0v) is 15.8. The molecule has 0 spiro atoms. The number of rotatable bonds is 2. The first-order valence-electron chi connectivity index (χ1n) is 9.01. The normalized spacial score (nSPS) is 23.5. The number of pyridine rings is 1. The van der Waals surface area contributed by atoms with Gasteiger partial charge in [-0.3, -0.25) is 4.98 Å². The summed E-state index contributed by atoms with van der Waals surface area (Å²) in [5.74, 6) is -1.18. The van der Waals surface area contributed by atoms with E-state index < -0.39 is 17.8 Å². The summed E-state index contributed by atoms with van der Waals surface area (Å²) in [6.45, 7) is 0. The van der Waals surface area contributed by atoms with Crippen LogP contribution in [0.1, 0.15) is 17.5 Å². The van der Waals surface area contributed by atoms with Crippen molar-refractivity contribution in [3.63, 3.8) is 0 Å². The van der Waals surface area contributed by atoms with E-state index in [0.29, 0.717) is 22.7 Å². The molecule has 1 aliphatic carbocycles. The number of aliphatic hydroxyl groups is 1. The SMILES string of the molecule is O[C@@]1(C(F)(F)F)[C@@H]2CCc3ccccc3C2=NN1c1nc(-c2ccncc2)cs1. The maximum absolute atomic E-state index is 14.2. The fraction of sp³-hybridized carbons (Fsp3) is 0.250. The van der Waals surface area contributed by atoms with Crippen LogP contribution in [0.25, 0.3) is 11.3 Å². The Morgan fingerprint density at radius 1 is 1.14 bits per heavy atom. The maximum Gasteiger partial charge on any atom is 0.439 e. The van der Waals surface area contributed by atoms with Crippen molar-refractivity contribution in [2.75, 3.05) is 5.01 Å². The Kier molecular flexibility index (Phi) is 4.01. The van der Waals surface area contributed by atoms with Crippen LogP contribution in [0, 0.1) is 5.92 Å². The van der Waals surface area contributed by atoms with E-state index in [-0.39, 0.29) is 17.3 Å². The van der Waals surface area contributed by atoms with Crippen LogP contribution in [-0.2, 0) is 6.42 Å². The van der Waals surface area contributed by atoms with Gasteiger partial charge in [-0.05, 0) is 30.5 Å². The molecule has 0 saturated carbocycles. The van der Waals surface area contributed by atoms with E-state index >= 15 is 0 Å². The highest BCUT2D eigenvalue weighted by Crippen LogP contribution is 2.50. The first kappa shape index (κ1) is 18.3. The van der Waals surface area contributed by atoms with E-state index in [2.05, 4.69) is 15.1 Å². The molecule has 0 unspecified atom stereocenters. The summed E-state index contributed by atoms with van der Waals surface area (Å²) >= 11 is 1.01. The molecule has 29 heavy (non-hydrogen) atoms. The molecule has 3 aromatic rings. The van der Waals surface area contributed by atoms with Crippen LogP contribution in [-0.4, -0.2) is 32.7 Å². The highest BCUT2D eigenvalue weighted by molar-refractivity contribution is 7.14. The monoisotopic (exact) mass is 416 g/mol. The molecule has 3 heterocycles. The first-order chi connectivity index (χ1) is 13.9. The van der Waals surface area contributed by atoms with Crippen molar-refractivity contribution >= 4 is 22.2 Å². The molecule has 1 aliphatic heterocycles. The Hall–Kier alpha value is -2.78. The average molecular weight is 416 g/mol. The van der Waals surface area contributed by atoms with Gasteiger partial charge in [0.15, 0.2) is 0 Å². The van der Waals surface area contributed by atoms with Crippen LogP contribution in [0.4, 0.5) is 18.3 Å². The number of aryl methyl sites for hydroxylation is 1. The lowest BCUT2D eigenvalue weighted by molar-refractivity contribution is -0.268. The van der Waals surface area contributed by atoms with Crippen molar-refractivity contribution in [3.8, 4) is 11.3 Å². The number of anilines is 1. The summed E-state index contributed by atoms with van der Waals surface area (Å²) in [5, 5.41) is 17.6. The van der Waals surface area contributed by atoms with Gasteiger partial charge in [0.2, 0.25) is 5.13 Å². The molecule has 2 aromatic heterocycles. The fourth-order valence-electron chi connectivity index (χ4n) is 3.98. The summed E-state index contributed by atoms with van der Waals surface area (Å²) in [4.78, 5) is 8.27. The minimum Gasteiger partial charge on any atom is -0.362 e. The summed E-state index contributed by atoms with van der Waals surface area (Å²) in [6.07, 6.45) is -1.13. The molecule has 0 radical (unpaired) electrons. The molecule has 5 rings (SSSR count). The topological polar surface area (TPSA) is 61.6 Å². The lowest BCUT2D eigenvalue weighted by atomic mass is 9.77. The van der Waals surface area contributed by atoms with Crippen LogP contribution in [0.15, 0.2) is 59.3 Å². The third-order valence-corrected chi connectivity index (χ3v) is 6.22. The van der Waals surface area contributed by atoms with Crippen LogP contribution in [0.5, 0.6) is 0 Å². The van der Waals surface area contributed by atoms with Crippen molar-refractivity contribution < 1.29 is 18.3 Å². The van der Waals surface area contributed by atoms with Gasteiger partial charge in [-0.1, -0.05) is 24.3 Å². The Balaban J connectivity index is 1.63. The van der Waals surface area contributed by atoms with E-state index in [1.54, 1.807) is 42.0 Å². The van der Waals surface area contributed by atoms with Gasteiger partial charge in [-0.2, -0.15) is 23.3 Å². The second-order valence-corrected chi connectivity index (χ2v) is 7.86.